The van der Waals surface area contributed by atoms with Gasteiger partial charge in [-0.25, -0.2) is 0 Å². The first-order chi connectivity index (χ1) is 6.77. The molecule has 78 valence electrons. The van der Waals surface area contributed by atoms with E-state index in [1.807, 2.05) is 36.9 Å². The lowest BCUT2D eigenvalue weighted by molar-refractivity contribution is 0.339. The first-order valence-electron chi connectivity index (χ1n) is 4.83. The molecule has 0 unspecified atom stereocenters. The fourth-order valence-electron chi connectivity index (χ4n) is 1.06. The van der Waals surface area contributed by atoms with Gasteiger partial charge in [-0.15, -0.1) is 11.8 Å². The van der Waals surface area contributed by atoms with Crippen LogP contribution in [0.5, 0.6) is 5.75 Å². The maximum absolute atomic E-state index is 5.97. The van der Waals surface area contributed by atoms with Crippen LogP contribution in [0.4, 0.5) is 0 Å². The van der Waals surface area contributed by atoms with Gasteiger partial charge in [0, 0.05) is 4.90 Å². The molecule has 1 rings (SSSR count). The van der Waals surface area contributed by atoms with Gasteiger partial charge in [0.15, 0.2) is 0 Å². The van der Waals surface area contributed by atoms with E-state index in [0.717, 1.165) is 11.5 Å². The third kappa shape index (κ3) is 3.43. The minimum absolute atomic E-state index is 0.654. The zero-order valence-electron chi connectivity index (χ0n) is 8.55. The first kappa shape index (κ1) is 11.7. The Bertz CT molecular complexity index is 289. The van der Waals surface area contributed by atoms with Crippen molar-refractivity contribution in [2.75, 3.05) is 12.4 Å². The predicted octanol–water partition coefficient (Wildman–Crippen LogP) is 4.24. The lowest BCUT2D eigenvalue weighted by Crippen LogP contribution is -1.92. The first-order valence-corrected chi connectivity index (χ1v) is 6.19. The Kier molecular flexibility index (Phi) is 5.20. The van der Waals surface area contributed by atoms with Crippen LogP contribution < -0.4 is 4.74 Å². The lowest BCUT2D eigenvalue weighted by Gasteiger charge is -2.07. The van der Waals surface area contributed by atoms with Gasteiger partial charge in [0.2, 0.25) is 0 Å². The van der Waals surface area contributed by atoms with Crippen LogP contribution in [0.1, 0.15) is 20.3 Å². The molecule has 0 heterocycles. The average Bonchev–Trinajstić information content (AvgIpc) is 2.19. The molecule has 3 heteroatoms. The summed E-state index contributed by atoms with van der Waals surface area (Å²) in [6, 6.07) is 5.93. The molecule has 0 amide bonds. The second kappa shape index (κ2) is 6.20. The summed E-state index contributed by atoms with van der Waals surface area (Å²) in [5, 5.41) is 0.688. The number of hydrogen-bond acceptors (Lipinski definition) is 2. The normalized spacial score (nSPS) is 10.2. The summed E-state index contributed by atoms with van der Waals surface area (Å²) in [4.78, 5) is 1.22. The Hall–Kier alpha value is -0.340. The maximum Gasteiger partial charge on any atom is 0.138 e. The van der Waals surface area contributed by atoms with E-state index >= 15 is 0 Å². The van der Waals surface area contributed by atoms with Crippen LogP contribution in [0.15, 0.2) is 23.1 Å². The van der Waals surface area contributed by atoms with Gasteiger partial charge in [0.25, 0.3) is 0 Å². The average molecular weight is 231 g/mol. The van der Waals surface area contributed by atoms with Crippen molar-refractivity contribution < 1.29 is 4.74 Å². The molecule has 0 saturated carbocycles. The van der Waals surface area contributed by atoms with Crippen LogP contribution in [-0.2, 0) is 0 Å². The third-order valence-electron chi connectivity index (χ3n) is 1.68. The Morgan fingerprint density at radius 1 is 1.36 bits per heavy atom. The molecule has 0 spiro atoms. The predicted molar refractivity (Wildman–Crippen MR) is 63.6 cm³/mol. The Morgan fingerprint density at radius 3 is 2.79 bits per heavy atom. The Morgan fingerprint density at radius 2 is 2.14 bits per heavy atom. The van der Waals surface area contributed by atoms with E-state index in [2.05, 4.69) is 6.92 Å². The van der Waals surface area contributed by atoms with E-state index in [9.17, 15) is 0 Å². The van der Waals surface area contributed by atoms with E-state index < -0.39 is 0 Å². The summed E-state index contributed by atoms with van der Waals surface area (Å²) >= 11 is 7.81. The molecular formula is C11H15ClOS. The topological polar surface area (TPSA) is 9.23 Å². The maximum atomic E-state index is 5.97. The van der Waals surface area contributed by atoms with Gasteiger partial charge in [-0.2, -0.15) is 0 Å². The van der Waals surface area contributed by atoms with Gasteiger partial charge in [-0.3, -0.25) is 0 Å². The van der Waals surface area contributed by atoms with Crippen molar-refractivity contribution in [3.8, 4) is 5.75 Å². The van der Waals surface area contributed by atoms with Crippen LogP contribution in [0, 0.1) is 0 Å². The molecule has 0 radical (unpaired) electrons. The summed E-state index contributed by atoms with van der Waals surface area (Å²) < 4.78 is 5.41. The highest BCUT2D eigenvalue weighted by Crippen LogP contribution is 2.30. The molecule has 0 bridgehead atoms. The van der Waals surface area contributed by atoms with Crippen molar-refractivity contribution >= 4 is 23.4 Å². The zero-order chi connectivity index (χ0) is 10.4. The number of benzene rings is 1. The minimum atomic E-state index is 0.654. The standard InChI is InChI=1S/C11H15ClOS/c1-3-7-14-9-5-6-10(12)11(8-9)13-4-2/h5-6,8H,3-4,7H2,1-2H3. The van der Waals surface area contributed by atoms with Crippen LogP contribution in [0.3, 0.4) is 0 Å². The molecule has 0 aliphatic rings. The van der Waals surface area contributed by atoms with Crippen molar-refractivity contribution in [3.05, 3.63) is 23.2 Å². The summed E-state index contributed by atoms with van der Waals surface area (Å²) in [6.07, 6.45) is 1.18. The quantitative estimate of drug-likeness (QED) is 0.700. The monoisotopic (exact) mass is 230 g/mol. The molecule has 0 aliphatic carbocycles. The fourth-order valence-corrected chi connectivity index (χ4v) is 2.03. The highest BCUT2D eigenvalue weighted by atomic mass is 35.5. The molecule has 0 atom stereocenters. The molecule has 14 heavy (non-hydrogen) atoms. The molecule has 1 aromatic carbocycles. The molecule has 0 aromatic heterocycles. The number of hydrogen-bond donors (Lipinski definition) is 0. The molecule has 0 aliphatic heterocycles. The van der Waals surface area contributed by atoms with Gasteiger partial charge >= 0.3 is 0 Å². The largest absolute Gasteiger partial charge is 0.492 e. The van der Waals surface area contributed by atoms with E-state index in [-0.39, 0.29) is 0 Å². The van der Waals surface area contributed by atoms with Gasteiger partial charge < -0.3 is 4.74 Å². The van der Waals surface area contributed by atoms with E-state index in [4.69, 9.17) is 16.3 Å². The zero-order valence-corrected chi connectivity index (χ0v) is 10.1. The Labute approximate surface area is 94.8 Å². The molecule has 0 N–H and O–H groups in total. The summed E-state index contributed by atoms with van der Waals surface area (Å²) in [5.74, 6) is 1.92. The van der Waals surface area contributed by atoms with Gasteiger partial charge in [-0.1, -0.05) is 18.5 Å². The van der Waals surface area contributed by atoms with Gasteiger partial charge in [0.1, 0.15) is 5.75 Å². The fraction of sp³-hybridized carbons (Fsp3) is 0.455. The SMILES string of the molecule is CCCSc1ccc(Cl)c(OCC)c1. The minimum Gasteiger partial charge on any atom is -0.492 e. The molecular weight excluding hydrogens is 216 g/mol. The number of halogens is 1. The van der Waals surface area contributed by atoms with Crippen molar-refractivity contribution in [3.63, 3.8) is 0 Å². The van der Waals surface area contributed by atoms with Gasteiger partial charge in [0.05, 0.1) is 11.6 Å². The molecule has 0 saturated heterocycles. The number of rotatable bonds is 5. The van der Waals surface area contributed by atoms with Crippen molar-refractivity contribution in [2.24, 2.45) is 0 Å². The highest BCUT2D eigenvalue weighted by Gasteiger charge is 2.02. The summed E-state index contributed by atoms with van der Waals surface area (Å²) in [5.41, 5.74) is 0. The van der Waals surface area contributed by atoms with Crippen LogP contribution in [0.25, 0.3) is 0 Å². The second-order valence-electron chi connectivity index (χ2n) is 2.87. The second-order valence-corrected chi connectivity index (χ2v) is 4.45. The van der Waals surface area contributed by atoms with E-state index in [1.54, 1.807) is 0 Å². The lowest BCUT2D eigenvalue weighted by atomic mass is 10.3. The summed E-state index contributed by atoms with van der Waals surface area (Å²) in [6.45, 7) is 4.79. The molecule has 1 nitrogen and oxygen atoms in total. The van der Waals surface area contributed by atoms with Crippen molar-refractivity contribution in [1.29, 1.82) is 0 Å². The summed E-state index contributed by atoms with van der Waals surface area (Å²) in [7, 11) is 0. The Balaban J connectivity index is 2.72. The smallest absolute Gasteiger partial charge is 0.138 e. The van der Waals surface area contributed by atoms with Crippen molar-refractivity contribution in [1.82, 2.24) is 0 Å². The highest BCUT2D eigenvalue weighted by molar-refractivity contribution is 7.99. The molecule has 1 aromatic rings. The van der Waals surface area contributed by atoms with Crippen molar-refractivity contribution in [2.45, 2.75) is 25.2 Å². The number of ether oxygens (including phenoxy) is 1. The van der Waals surface area contributed by atoms with Crippen LogP contribution in [-0.4, -0.2) is 12.4 Å². The molecule has 0 fully saturated rings. The van der Waals surface area contributed by atoms with Crippen LogP contribution in [0.2, 0.25) is 5.02 Å². The van der Waals surface area contributed by atoms with Gasteiger partial charge in [-0.05, 0) is 37.3 Å². The van der Waals surface area contributed by atoms with E-state index in [0.29, 0.717) is 11.6 Å². The van der Waals surface area contributed by atoms with Crippen LogP contribution >= 0.6 is 23.4 Å². The third-order valence-corrected chi connectivity index (χ3v) is 3.19. The van der Waals surface area contributed by atoms with E-state index in [1.165, 1.54) is 11.3 Å². The number of thioether (sulfide) groups is 1.